The summed E-state index contributed by atoms with van der Waals surface area (Å²) in [6.45, 7) is 1.29. The molecule has 0 aliphatic heterocycles. The van der Waals surface area contributed by atoms with Gasteiger partial charge in [-0.25, -0.2) is 4.98 Å². The minimum atomic E-state index is -4.41. The van der Waals surface area contributed by atoms with Gasteiger partial charge in [-0.05, 0) is 26.2 Å². The van der Waals surface area contributed by atoms with Crippen LogP contribution in [0.15, 0.2) is 12.1 Å². The average Bonchev–Trinajstić information content (AvgIpc) is 2.23. The highest BCUT2D eigenvalue weighted by Gasteiger charge is 2.31. The Labute approximate surface area is 104 Å². The number of likely N-dealkylation sites (N-methyl/N-ethyl adjacent to an activating group) is 2. The van der Waals surface area contributed by atoms with E-state index in [1.165, 1.54) is 0 Å². The van der Waals surface area contributed by atoms with Gasteiger partial charge in [0.2, 0.25) is 0 Å². The first-order valence-electron chi connectivity index (χ1n) is 5.41. The molecule has 18 heavy (non-hydrogen) atoms. The normalized spacial score (nSPS) is 11.9. The van der Waals surface area contributed by atoms with Gasteiger partial charge >= 0.3 is 6.18 Å². The van der Waals surface area contributed by atoms with Gasteiger partial charge in [0, 0.05) is 20.1 Å². The fourth-order valence-corrected chi connectivity index (χ4v) is 1.36. The molecule has 0 unspecified atom stereocenters. The van der Waals surface area contributed by atoms with Gasteiger partial charge in [-0.2, -0.15) is 13.2 Å². The molecule has 0 atom stereocenters. The number of anilines is 2. The minimum absolute atomic E-state index is 0.128. The van der Waals surface area contributed by atoms with Crippen LogP contribution in [0.5, 0.6) is 0 Å². The van der Waals surface area contributed by atoms with Crippen LogP contribution in [-0.4, -0.2) is 44.1 Å². The third kappa shape index (κ3) is 4.06. The second-order valence-corrected chi connectivity index (χ2v) is 4.36. The molecule has 2 N–H and O–H groups in total. The highest BCUT2D eigenvalue weighted by molar-refractivity contribution is 5.48. The molecular weight excluding hydrogens is 245 g/mol. The summed E-state index contributed by atoms with van der Waals surface area (Å²) in [5, 5.41) is 0. The van der Waals surface area contributed by atoms with Crippen LogP contribution in [0.3, 0.4) is 0 Å². The van der Waals surface area contributed by atoms with Crippen LogP contribution in [0, 0.1) is 0 Å². The van der Waals surface area contributed by atoms with Crippen molar-refractivity contribution in [2.24, 2.45) is 0 Å². The van der Waals surface area contributed by atoms with Crippen LogP contribution in [-0.2, 0) is 6.18 Å². The Morgan fingerprint density at radius 2 is 1.78 bits per heavy atom. The van der Waals surface area contributed by atoms with E-state index in [1.807, 2.05) is 19.0 Å². The number of alkyl halides is 3. The Balaban J connectivity index is 2.92. The standard InChI is InChI=1S/C11H17F3N4/c1-17(2)4-5-18(3)10-7-8(11(12,13)14)6-9(15)16-10/h6-7H,4-5H2,1-3H3,(H2,15,16). The first kappa shape index (κ1) is 14.6. The van der Waals surface area contributed by atoms with Crippen molar-refractivity contribution in [1.82, 2.24) is 9.88 Å². The first-order valence-corrected chi connectivity index (χ1v) is 5.41. The van der Waals surface area contributed by atoms with Gasteiger partial charge in [0.15, 0.2) is 0 Å². The zero-order chi connectivity index (χ0) is 13.9. The van der Waals surface area contributed by atoms with E-state index < -0.39 is 11.7 Å². The summed E-state index contributed by atoms with van der Waals surface area (Å²) >= 11 is 0. The number of nitrogen functional groups attached to an aromatic ring is 1. The number of nitrogens with two attached hydrogens (primary N) is 1. The average molecular weight is 262 g/mol. The van der Waals surface area contributed by atoms with E-state index in [4.69, 9.17) is 5.73 Å². The molecule has 0 radical (unpaired) electrons. The van der Waals surface area contributed by atoms with E-state index in [9.17, 15) is 13.2 Å². The van der Waals surface area contributed by atoms with Crippen LogP contribution in [0.4, 0.5) is 24.8 Å². The Hall–Kier alpha value is -1.50. The van der Waals surface area contributed by atoms with E-state index in [1.54, 1.807) is 11.9 Å². The van der Waals surface area contributed by atoms with E-state index in [0.29, 0.717) is 13.1 Å². The number of rotatable bonds is 4. The number of hydrogen-bond acceptors (Lipinski definition) is 4. The zero-order valence-electron chi connectivity index (χ0n) is 10.6. The van der Waals surface area contributed by atoms with E-state index >= 15 is 0 Å². The van der Waals surface area contributed by atoms with Crippen molar-refractivity contribution in [1.29, 1.82) is 0 Å². The molecule has 0 saturated carbocycles. The SMILES string of the molecule is CN(C)CCN(C)c1cc(C(F)(F)F)cc(N)n1. The molecule has 0 saturated heterocycles. The van der Waals surface area contributed by atoms with Crippen molar-refractivity contribution >= 4 is 11.6 Å². The number of nitrogens with zero attached hydrogens (tertiary/aromatic N) is 3. The van der Waals surface area contributed by atoms with E-state index in [-0.39, 0.29) is 11.6 Å². The topological polar surface area (TPSA) is 45.4 Å². The summed E-state index contributed by atoms with van der Waals surface area (Å²) in [5.41, 5.74) is 4.63. The van der Waals surface area contributed by atoms with Gasteiger partial charge in [0.25, 0.3) is 0 Å². The van der Waals surface area contributed by atoms with Crippen LogP contribution in [0.25, 0.3) is 0 Å². The molecule has 0 fully saturated rings. The smallest absolute Gasteiger partial charge is 0.384 e. The van der Waals surface area contributed by atoms with Gasteiger partial charge < -0.3 is 15.5 Å². The molecule has 1 heterocycles. The molecule has 0 spiro atoms. The molecule has 1 aromatic heterocycles. The van der Waals surface area contributed by atoms with Crippen molar-refractivity contribution < 1.29 is 13.2 Å². The van der Waals surface area contributed by atoms with Gasteiger partial charge in [0.1, 0.15) is 11.6 Å². The summed E-state index contributed by atoms with van der Waals surface area (Å²) < 4.78 is 37.8. The maximum Gasteiger partial charge on any atom is 0.416 e. The largest absolute Gasteiger partial charge is 0.416 e. The van der Waals surface area contributed by atoms with Crippen LogP contribution in [0.2, 0.25) is 0 Å². The number of pyridine rings is 1. The lowest BCUT2D eigenvalue weighted by molar-refractivity contribution is -0.137. The molecule has 0 bridgehead atoms. The Kier molecular flexibility index (Phi) is 4.39. The van der Waals surface area contributed by atoms with Crippen molar-refractivity contribution in [3.8, 4) is 0 Å². The molecule has 0 aliphatic rings. The quantitative estimate of drug-likeness (QED) is 0.896. The molecule has 102 valence electrons. The van der Waals surface area contributed by atoms with Crippen LogP contribution < -0.4 is 10.6 Å². The molecule has 0 aliphatic carbocycles. The van der Waals surface area contributed by atoms with Gasteiger partial charge in [0.05, 0.1) is 5.56 Å². The molecule has 4 nitrogen and oxygen atoms in total. The summed E-state index contributed by atoms with van der Waals surface area (Å²) in [7, 11) is 5.47. The van der Waals surface area contributed by atoms with Gasteiger partial charge in [-0.1, -0.05) is 0 Å². The monoisotopic (exact) mass is 262 g/mol. The lowest BCUT2D eigenvalue weighted by Crippen LogP contribution is -2.29. The van der Waals surface area contributed by atoms with Crippen LogP contribution in [0.1, 0.15) is 5.56 Å². The van der Waals surface area contributed by atoms with Crippen molar-refractivity contribution in [3.63, 3.8) is 0 Å². The predicted molar refractivity (Wildman–Crippen MR) is 65.5 cm³/mol. The predicted octanol–water partition coefficient (Wildman–Crippen LogP) is 1.68. The molecule has 1 aromatic rings. The molecule has 1 rings (SSSR count). The Bertz CT molecular complexity index is 404. The summed E-state index contributed by atoms with van der Waals surface area (Å²) in [6.07, 6.45) is -4.41. The highest BCUT2D eigenvalue weighted by Crippen LogP contribution is 2.32. The van der Waals surface area contributed by atoms with E-state index in [2.05, 4.69) is 4.98 Å². The molecule has 0 aromatic carbocycles. The van der Waals surface area contributed by atoms with Crippen molar-refractivity contribution in [2.75, 3.05) is 44.9 Å². The second-order valence-electron chi connectivity index (χ2n) is 4.36. The molecular formula is C11H17F3N4. The minimum Gasteiger partial charge on any atom is -0.384 e. The molecule has 7 heteroatoms. The number of aromatic nitrogens is 1. The van der Waals surface area contributed by atoms with Gasteiger partial charge in [-0.3, -0.25) is 0 Å². The lowest BCUT2D eigenvalue weighted by Gasteiger charge is -2.21. The summed E-state index contributed by atoms with van der Waals surface area (Å²) in [6, 6.07) is 1.84. The van der Waals surface area contributed by atoms with E-state index in [0.717, 1.165) is 12.1 Å². The highest BCUT2D eigenvalue weighted by atomic mass is 19.4. The zero-order valence-corrected chi connectivity index (χ0v) is 10.6. The third-order valence-corrected chi connectivity index (χ3v) is 2.43. The van der Waals surface area contributed by atoms with Crippen molar-refractivity contribution in [3.05, 3.63) is 17.7 Å². The fourth-order valence-electron chi connectivity index (χ4n) is 1.36. The fraction of sp³-hybridized carbons (Fsp3) is 0.545. The summed E-state index contributed by atoms with van der Waals surface area (Å²) in [4.78, 5) is 7.49. The summed E-state index contributed by atoms with van der Waals surface area (Å²) in [5.74, 6) is 0.0979. The van der Waals surface area contributed by atoms with Crippen LogP contribution >= 0.6 is 0 Å². The maximum atomic E-state index is 12.6. The Morgan fingerprint density at radius 3 is 2.28 bits per heavy atom. The Morgan fingerprint density at radius 1 is 1.17 bits per heavy atom. The second kappa shape index (κ2) is 5.43. The lowest BCUT2D eigenvalue weighted by atomic mass is 10.2. The van der Waals surface area contributed by atoms with Crippen molar-refractivity contribution in [2.45, 2.75) is 6.18 Å². The van der Waals surface area contributed by atoms with Gasteiger partial charge in [-0.15, -0.1) is 0 Å². The number of halogens is 3. The number of hydrogen-bond donors (Lipinski definition) is 1. The first-order chi connectivity index (χ1) is 8.20. The maximum absolute atomic E-state index is 12.6. The third-order valence-electron chi connectivity index (χ3n) is 2.43. The molecule has 0 amide bonds.